The Morgan fingerprint density at radius 2 is 2.19 bits per heavy atom. The molecule has 0 radical (unpaired) electrons. The number of benzene rings is 1. The number of carbonyl (C=O) groups excluding carboxylic acids is 1. The molecular weight excluding hydrogens is 230 g/mol. The summed E-state index contributed by atoms with van der Waals surface area (Å²) in [7, 11) is 0. The second-order valence-corrected chi connectivity index (χ2v) is 3.89. The van der Waals surface area contributed by atoms with E-state index in [1.165, 1.54) is 0 Å². The third kappa shape index (κ3) is 1.74. The van der Waals surface area contributed by atoms with Gasteiger partial charge in [-0.25, -0.2) is 0 Å². The molecule has 0 aromatic heterocycles. The van der Waals surface area contributed by atoms with Gasteiger partial charge in [-0.2, -0.15) is 0 Å². The lowest BCUT2D eigenvalue weighted by Crippen LogP contribution is -2.19. The van der Waals surface area contributed by atoms with Crippen LogP contribution in [0.25, 0.3) is 0 Å². The van der Waals surface area contributed by atoms with Crippen molar-refractivity contribution in [2.24, 2.45) is 5.73 Å². The molecule has 0 atom stereocenters. The van der Waals surface area contributed by atoms with Crippen LogP contribution in [-0.2, 0) is 0 Å². The SMILES string of the molecule is Cc1c(C(=O)CN)cc2c(c1Cl)OCCO2. The molecule has 0 amide bonds. The summed E-state index contributed by atoms with van der Waals surface area (Å²) >= 11 is 6.12. The van der Waals surface area contributed by atoms with Gasteiger partial charge in [0.1, 0.15) is 13.2 Å². The van der Waals surface area contributed by atoms with E-state index < -0.39 is 0 Å². The molecule has 0 saturated carbocycles. The standard InChI is InChI=1S/C11H12ClNO3/c1-6-7(8(14)5-13)4-9-11(10(6)12)16-3-2-15-9/h4H,2-3,5,13H2,1H3. The fourth-order valence-electron chi connectivity index (χ4n) is 1.64. The monoisotopic (exact) mass is 241 g/mol. The Kier molecular flexibility index (Phi) is 3.03. The van der Waals surface area contributed by atoms with Crippen LogP contribution in [0.5, 0.6) is 11.5 Å². The molecule has 0 saturated heterocycles. The average molecular weight is 242 g/mol. The van der Waals surface area contributed by atoms with E-state index in [2.05, 4.69) is 0 Å². The highest BCUT2D eigenvalue weighted by molar-refractivity contribution is 6.33. The van der Waals surface area contributed by atoms with Gasteiger partial charge >= 0.3 is 0 Å². The Bertz CT molecular complexity index is 445. The van der Waals surface area contributed by atoms with Gasteiger partial charge in [-0.15, -0.1) is 0 Å². The summed E-state index contributed by atoms with van der Waals surface area (Å²) in [6, 6.07) is 1.64. The van der Waals surface area contributed by atoms with Gasteiger partial charge in [0.2, 0.25) is 0 Å². The summed E-state index contributed by atoms with van der Waals surface area (Å²) in [4.78, 5) is 11.6. The van der Waals surface area contributed by atoms with Crippen LogP contribution >= 0.6 is 11.6 Å². The summed E-state index contributed by atoms with van der Waals surface area (Å²) in [5, 5.41) is 0.425. The van der Waals surface area contributed by atoms with Gasteiger partial charge in [0.15, 0.2) is 17.3 Å². The first kappa shape index (κ1) is 11.2. The van der Waals surface area contributed by atoms with Crippen LogP contribution in [0, 0.1) is 6.92 Å². The highest BCUT2D eigenvalue weighted by Crippen LogP contribution is 2.41. The summed E-state index contributed by atoms with van der Waals surface area (Å²) in [5.74, 6) is 0.869. The van der Waals surface area contributed by atoms with Crippen molar-refractivity contribution in [2.45, 2.75) is 6.92 Å². The molecule has 0 bridgehead atoms. The van der Waals surface area contributed by atoms with Crippen molar-refractivity contribution >= 4 is 17.4 Å². The van der Waals surface area contributed by atoms with Crippen molar-refractivity contribution in [1.82, 2.24) is 0 Å². The topological polar surface area (TPSA) is 61.6 Å². The summed E-state index contributed by atoms with van der Waals surface area (Å²) in [6.07, 6.45) is 0. The average Bonchev–Trinajstić information content (AvgIpc) is 2.33. The highest BCUT2D eigenvalue weighted by atomic mass is 35.5. The first-order valence-electron chi connectivity index (χ1n) is 4.97. The maximum absolute atomic E-state index is 11.6. The quantitative estimate of drug-likeness (QED) is 0.799. The Hall–Kier alpha value is -1.26. The molecule has 2 rings (SSSR count). The summed E-state index contributed by atoms with van der Waals surface area (Å²) in [6.45, 7) is 2.65. The zero-order valence-electron chi connectivity index (χ0n) is 8.88. The maximum Gasteiger partial charge on any atom is 0.180 e. The number of ether oxygens (including phenoxy) is 2. The van der Waals surface area contributed by atoms with Crippen molar-refractivity contribution in [3.63, 3.8) is 0 Å². The lowest BCUT2D eigenvalue weighted by Gasteiger charge is -2.21. The third-order valence-corrected chi connectivity index (χ3v) is 2.96. The fourth-order valence-corrected chi connectivity index (χ4v) is 1.89. The number of fused-ring (bicyclic) bond motifs is 1. The first-order valence-corrected chi connectivity index (χ1v) is 5.35. The van der Waals surface area contributed by atoms with E-state index >= 15 is 0 Å². The molecule has 0 aliphatic carbocycles. The van der Waals surface area contributed by atoms with Crippen molar-refractivity contribution in [3.05, 3.63) is 22.2 Å². The van der Waals surface area contributed by atoms with Gasteiger partial charge in [0, 0.05) is 5.56 Å². The van der Waals surface area contributed by atoms with E-state index in [0.717, 1.165) is 0 Å². The molecule has 0 fully saturated rings. The van der Waals surface area contributed by atoms with Crippen LogP contribution in [0.4, 0.5) is 0 Å². The number of hydrogen-bond acceptors (Lipinski definition) is 4. The van der Waals surface area contributed by atoms with Gasteiger partial charge in [-0.05, 0) is 18.6 Å². The second-order valence-electron chi connectivity index (χ2n) is 3.51. The molecular formula is C11H12ClNO3. The van der Waals surface area contributed by atoms with Gasteiger partial charge in [0.25, 0.3) is 0 Å². The van der Waals surface area contributed by atoms with Crippen LogP contribution in [0.15, 0.2) is 6.07 Å². The van der Waals surface area contributed by atoms with Crippen molar-refractivity contribution in [3.8, 4) is 11.5 Å². The predicted molar refractivity (Wildman–Crippen MR) is 60.6 cm³/mol. The Balaban J connectivity index is 2.57. The molecule has 2 N–H and O–H groups in total. The highest BCUT2D eigenvalue weighted by Gasteiger charge is 2.22. The molecule has 86 valence electrons. The van der Waals surface area contributed by atoms with Crippen LogP contribution in [-0.4, -0.2) is 25.5 Å². The van der Waals surface area contributed by atoms with E-state index in [9.17, 15) is 4.79 Å². The molecule has 0 spiro atoms. The molecule has 1 aromatic rings. The molecule has 1 aromatic carbocycles. The lowest BCUT2D eigenvalue weighted by molar-refractivity contribution is 0.0999. The molecule has 0 unspecified atom stereocenters. The molecule has 1 aliphatic heterocycles. The van der Waals surface area contributed by atoms with Crippen LogP contribution < -0.4 is 15.2 Å². The largest absolute Gasteiger partial charge is 0.486 e. The van der Waals surface area contributed by atoms with E-state index in [4.69, 9.17) is 26.8 Å². The van der Waals surface area contributed by atoms with E-state index in [0.29, 0.717) is 40.9 Å². The third-order valence-electron chi connectivity index (χ3n) is 2.50. The van der Waals surface area contributed by atoms with Gasteiger partial charge < -0.3 is 15.2 Å². The zero-order chi connectivity index (χ0) is 11.7. The minimum atomic E-state index is -0.156. The van der Waals surface area contributed by atoms with Crippen LogP contribution in [0.2, 0.25) is 5.02 Å². The fraction of sp³-hybridized carbons (Fsp3) is 0.364. The molecule has 1 aliphatic rings. The molecule has 16 heavy (non-hydrogen) atoms. The van der Waals surface area contributed by atoms with Gasteiger partial charge in [-0.1, -0.05) is 11.6 Å². The van der Waals surface area contributed by atoms with E-state index in [1.54, 1.807) is 13.0 Å². The Labute approximate surface area is 98.3 Å². The van der Waals surface area contributed by atoms with Crippen LogP contribution in [0.3, 0.4) is 0 Å². The maximum atomic E-state index is 11.6. The van der Waals surface area contributed by atoms with Crippen molar-refractivity contribution in [1.29, 1.82) is 0 Å². The second kappa shape index (κ2) is 4.31. The summed E-state index contributed by atoms with van der Waals surface area (Å²) < 4.78 is 10.8. The van der Waals surface area contributed by atoms with Crippen LogP contribution in [0.1, 0.15) is 15.9 Å². The van der Waals surface area contributed by atoms with Crippen molar-refractivity contribution in [2.75, 3.05) is 19.8 Å². The zero-order valence-corrected chi connectivity index (χ0v) is 9.63. The van der Waals surface area contributed by atoms with Gasteiger partial charge in [-0.3, -0.25) is 4.79 Å². The smallest absolute Gasteiger partial charge is 0.180 e. The predicted octanol–water partition coefficient (Wildman–Crippen LogP) is 1.56. The number of halogens is 1. The van der Waals surface area contributed by atoms with E-state index in [-0.39, 0.29) is 12.3 Å². The number of rotatable bonds is 2. The molecule has 1 heterocycles. The normalized spacial score (nSPS) is 13.7. The number of ketones is 1. The molecule has 5 heteroatoms. The minimum Gasteiger partial charge on any atom is -0.486 e. The van der Waals surface area contributed by atoms with Crippen molar-refractivity contribution < 1.29 is 14.3 Å². The number of nitrogens with two attached hydrogens (primary N) is 1. The lowest BCUT2D eigenvalue weighted by atomic mass is 10.0. The van der Waals surface area contributed by atoms with E-state index in [1.807, 2.05) is 0 Å². The minimum absolute atomic E-state index is 0.0448. The molecule has 4 nitrogen and oxygen atoms in total. The summed E-state index contributed by atoms with van der Waals surface area (Å²) in [5.41, 5.74) is 6.51. The Morgan fingerprint density at radius 1 is 1.50 bits per heavy atom. The Morgan fingerprint density at radius 3 is 2.88 bits per heavy atom. The first-order chi connectivity index (χ1) is 7.65. The number of carbonyl (C=O) groups is 1. The number of hydrogen-bond donors (Lipinski definition) is 1. The number of Topliss-reactive ketones (excluding diaryl/α,β-unsaturated/α-hetero) is 1. The van der Waals surface area contributed by atoms with Gasteiger partial charge in [0.05, 0.1) is 11.6 Å².